The van der Waals surface area contributed by atoms with Gasteiger partial charge in [-0.25, -0.2) is 8.42 Å². The summed E-state index contributed by atoms with van der Waals surface area (Å²) in [5.74, 6) is -0.0760. The van der Waals surface area contributed by atoms with Gasteiger partial charge in [-0.05, 0) is 53.4 Å². The molecule has 4 aromatic carbocycles. The summed E-state index contributed by atoms with van der Waals surface area (Å²) in [7, 11) is -3.48. The third kappa shape index (κ3) is 6.61. The third-order valence-corrected chi connectivity index (χ3v) is 7.08. The van der Waals surface area contributed by atoms with Gasteiger partial charge in [0.15, 0.2) is 0 Å². The topological polar surface area (TPSA) is 57.7 Å². The zero-order valence-electron chi connectivity index (χ0n) is 20.5. The fourth-order valence-corrected chi connectivity index (χ4v) is 4.97. The smallest absolute Gasteiger partial charge is 0.254 e. The lowest BCUT2D eigenvalue weighted by molar-refractivity contribution is 0.0730. The Morgan fingerprint density at radius 3 is 1.69 bits per heavy atom. The first-order valence-electron chi connectivity index (χ1n) is 11.8. The Bertz CT molecular complexity index is 1360. The summed E-state index contributed by atoms with van der Waals surface area (Å²) in [5.41, 5.74) is 5.08. The van der Waals surface area contributed by atoms with Gasteiger partial charge in [-0.3, -0.25) is 9.10 Å². The van der Waals surface area contributed by atoms with Crippen LogP contribution in [0.25, 0.3) is 0 Å². The number of aryl methyl sites for hydroxylation is 1. The molecule has 0 N–H and O–H groups in total. The lowest BCUT2D eigenvalue weighted by Gasteiger charge is -2.24. The zero-order valence-corrected chi connectivity index (χ0v) is 21.4. The van der Waals surface area contributed by atoms with Gasteiger partial charge in [0.25, 0.3) is 5.91 Å². The van der Waals surface area contributed by atoms with Crippen molar-refractivity contribution in [2.24, 2.45) is 0 Å². The van der Waals surface area contributed by atoms with Crippen molar-refractivity contribution in [1.29, 1.82) is 0 Å². The number of hydrogen-bond donors (Lipinski definition) is 0. The summed E-state index contributed by atoms with van der Waals surface area (Å²) >= 11 is 0. The Labute approximate surface area is 213 Å². The SMILES string of the molecule is Cc1cccc(N(Cc2ccc(C(=O)N(Cc3ccccc3)Cc3ccccc3)cc2)S(C)(=O)=O)c1. The minimum atomic E-state index is -3.48. The molecule has 6 heteroatoms. The van der Waals surface area contributed by atoms with Gasteiger partial charge >= 0.3 is 0 Å². The van der Waals surface area contributed by atoms with E-state index in [0.29, 0.717) is 24.3 Å². The van der Waals surface area contributed by atoms with Crippen molar-refractivity contribution in [1.82, 2.24) is 4.90 Å². The maximum absolute atomic E-state index is 13.5. The summed E-state index contributed by atoms with van der Waals surface area (Å²) in [4.78, 5) is 15.4. The van der Waals surface area contributed by atoms with Gasteiger partial charge in [-0.1, -0.05) is 84.9 Å². The summed E-state index contributed by atoms with van der Waals surface area (Å²) in [6.07, 6.45) is 1.21. The molecule has 184 valence electrons. The molecule has 5 nitrogen and oxygen atoms in total. The number of carbonyl (C=O) groups excluding carboxylic acids is 1. The quantitative estimate of drug-likeness (QED) is 0.293. The molecule has 0 aromatic heterocycles. The van der Waals surface area contributed by atoms with Crippen molar-refractivity contribution in [3.05, 3.63) is 137 Å². The second-order valence-electron chi connectivity index (χ2n) is 8.94. The van der Waals surface area contributed by atoms with Gasteiger partial charge in [-0.15, -0.1) is 0 Å². The van der Waals surface area contributed by atoms with Crippen molar-refractivity contribution >= 4 is 21.6 Å². The lowest BCUT2D eigenvalue weighted by Crippen LogP contribution is -2.30. The molecule has 0 aliphatic heterocycles. The van der Waals surface area contributed by atoms with Gasteiger partial charge in [0.1, 0.15) is 0 Å². The van der Waals surface area contributed by atoms with Gasteiger partial charge < -0.3 is 4.90 Å². The van der Waals surface area contributed by atoms with Crippen LogP contribution in [0.2, 0.25) is 0 Å². The summed E-state index contributed by atoms with van der Waals surface area (Å²) in [5, 5.41) is 0. The van der Waals surface area contributed by atoms with Crippen LogP contribution < -0.4 is 4.31 Å². The molecule has 0 saturated heterocycles. The molecule has 0 unspecified atom stereocenters. The Balaban J connectivity index is 1.56. The van der Waals surface area contributed by atoms with E-state index in [-0.39, 0.29) is 12.5 Å². The average molecular weight is 499 g/mol. The van der Waals surface area contributed by atoms with Gasteiger partial charge in [-0.2, -0.15) is 0 Å². The molecule has 4 rings (SSSR count). The van der Waals surface area contributed by atoms with Crippen LogP contribution in [0.3, 0.4) is 0 Å². The molecule has 0 atom stereocenters. The van der Waals surface area contributed by atoms with E-state index >= 15 is 0 Å². The van der Waals surface area contributed by atoms with Crippen LogP contribution in [-0.2, 0) is 29.7 Å². The Morgan fingerprint density at radius 2 is 1.19 bits per heavy atom. The van der Waals surface area contributed by atoms with Crippen LogP contribution in [0, 0.1) is 6.92 Å². The monoisotopic (exact) mass is 498 g/mol. The van der Waals surface area contributed by atoms with E-state index < -0.39 is 10.0 Å². The number of nitrogens with zero attached hydrogens (tertiary/aromatic N) is 2. The molecule has 0 fully saturated rings. The molecule has 0 aliphatic rings. The molecule has 36 heavy (non-hydrogen) atoms. The highest BCUT2D eigenvalue weighted by Crippen LogP contribution is 2.22. The molecule has 0 heterocycles. The third-order valence-electron chi connectivity index (χ3n) is 5.94. The lowest BCUT2D eigenvalue weighted by atomic mass is 10.1. The maximum atomic E-state index is 13.5. The molecule has 0 bridgehead atoms. The number of rotatable bonds is 9. The first kappa shape index (κ1) is 25.2. The number of amides is 1. The van der Waals surface area contributed by atoms with Gasteiger partial charge in [0.05, 0.1) is 18.5 Å². The van der Waals surface area contributed by atoms with E-state index in [1.807, 2.05) is 103 Å². The van der Waals surface area contributed by atoms with Crippen molar-refractivity contribution in [2.75, 3.05) is 10.6 Å². The van der Waals surface area contributed by atoms with E-state index in [1.54, 1.807) is 18.2 Å². The predicted octanol–water partition coefficient (Wildman–Crippen LogP) is 5.80. The summed E-state index contributed by atoms with van der Waals surface area (Å²) < 4.78 is 26.4. The molecule has 0 saturated carbocycles. The van der Waals surface area contributed by atoms with Crippen molar-refractivity contribution in [3.8, 4) is 0 Å². The minimum Gasteiger partial charge on any atom is -0.330 e. The van der Waals surface area contributed by atoms with Crippen molar-refractivity contribution in [3.63, 3.8) is 0 Å². The number of carbonyl (C=O) groups is 1. The molecule has 0 radical (unpaired) electrons. The molecular weight excluding hydrogens is 468 g/mol. The Kier molecular flexibility index (Phi) is 7.86. The fraction of sp³-hybridized carbons (Fsp3) is 0.167. The molecule has 0 aliphatic carbocycles. The number of sulfonamides is 1. The van der Waals surface area contributed by atoms with Crippen LogP contribution in [0.15, 0.2) is 109 Å². The summed E-state index contributed by atoms with van der Waals surface area (Å²) in [6, 6.07) is 34.5. The van der Waals surface area contributed by atoms with Crippen LogP contribution in [0.4, 0.5) is 5.69 Å². The molecular formula is C30H30N2O3S. The normalized spacial score (nSPS) is 11.2. The highest BCUT2D eigenvalue weighted by Gasteiger charge is 2.20. The van der Waals surface area contributed by atoms with E-state index in [0.717, 1.165) is 22.3 Å². The van der Waals surface area contributed by atoms with Crippen LogP contribution in [0.5, 0.6) is 0 Å². The van der Waals surface area contributed by atoms with Crippen molar-refractivity contribution in [2.45, 2.75) is 26.6 Å². The highest BCUT2D eigenvalue weighted by molar-refractivity contribution is 7.92. The number of hydrogen-bond acceptors (Lipinski definition) is 3. The van der Waals surface area contributed by atoms with Crippen LogP contribution in [0.1, 0.15) is 32.6 Å². The van der Waals surface area contributed by atoms with Crippen LogP contribution >= 0.6 is 0 Å². The highest BCUT2D eigenvalue weighted by atomic mass is 32.2. The van der Waals surface area contributed by atoms with E-state index in [1.165, 1.54) is 10.6 Å². The molecule has 4 aromatic rings. The fourth-order valence-electron chi connectivity index (χ4n) is 4.09. The molecule has 0 spiro atoms. The first-order valence-corrected chi connectivity index (χ1v) is 13.6. The second kappa shape index (κ2) is 11.2. The average Bonchev–Trinajstić information content (AvgIpc) is 2.87. The van der Waals surface area contributed by atoms with Gasteiger partial charge in [0.2, 0.25) is 10.0 Å². The van der Waals surface area contributed by atoms with Crippen molar-refractivity contribution < 1.29 is 13.2 Å². The largest absolute Gasteiger partial charge is 0.330 e. The standard InChI is InChI=1S/C30H30N2O3S/c1-24-10-9-15-29(20-24)32(36(2,34)35)23-27-16-18-28(19-17-27)30(33)31(21-25-11-5-3-6-12-25)22-26-13-7-4-8-14-26/h3-20H,21-23H2,1-2H3. The summed E-state index contributed by atoms with van der Waals surface area (Å²) in [6.45, 7) is 3.10. The maximum Gasteiger partial charge on any atom is 0.254 e. The number of benzene rings is 4. The van der Waals surface area contributed by atoms with E-state index in [2.05, 4.69) is 0 Å². The zero-order chi connectivity index (χ0) is 25.5. The Morgan fingerprint density at radius 1 is 0.667 bits per heavy atom. The van der Waals surface area contributed by atoms with E-state index in [4.69, 9.17) is 0 Å². The van der Waals surface area contributed by atoms with E-state index in [9.17, 15) is 13.2 Å². The number of anilines is 1. The van der Waals surface area contributed by atoms with Gasteiger partial charge in [0, 0.05) is 18.7 Å². The first-order chi connectivity index (χ1) is 17.3. The Hall–Kier alpha value is -3.90. The predicted molar refractivity (Wildman–Crippen MR) is 145 cm³/mol. The second-order valence-corrected chi connectivity index (χ2v) is 10.8. The van der Waals surface area contributed by atoms with Crippen LogP contribution in [-0.4, -0.2) is 25.5 Å². The molecule has 1 amide bonds. The minimum absolute atomic E-state index is 0.0760.